The molecule has 0 heterocycles. The fourth-order valence-corrected chi connectivity index (χ4v) is 1.64. The fourth-order valence-electron chi connectivity index (χ4n) is 0.407. The van der Waals surface area contributed by atoms with Gasteiger partial charge < -0.3 is 14.2 Å². The summed E-state index contributed by atoms with van der Waals surface area (Å²) in [7, 11) is 0. The van der Waals surface area contributed by atoms with Crippen molar-refractivity contribution in [3.63, 3.8) is 0 Å². The molecule has 0 aliphatic rings. The lowest BCUT2D eigenvalue weighted by Crippen LogP contribution is -2.31. The summed E-state index contributed by atoms with van der Waals surface area (Å²) in [6.07, 6.45) is -1.27. The molecule has 10 heavy (non-hydrogen) atoms. The van der Waals surface area contributed by atoms with Gasteiger partial charge in [-0.05, 0) is 6.92 Å². The van der Waals surface area contributed by atoms with E-state index in [-0.39, 0.29) is 0 Å². The van der Waals surface area contributed by atoms with Gasteiger partial charge in [0.25, 0.3) is 0 Å². The molecule has 0 saturated carbocycles. The van der Waals surface area contributed by atoms with Gasteiger partial charge in [0.05, 0.1) is 6.10 Å². The van der Waals surface area contributed by atoms with Gasteiger partial charge in [0.2, 0.25) is 0 Å². The van der Waals surface area contributed by atoms with Crippen LogP contribution in [0.4, 0.5) is 0 Å². The molecule has 0 aromatic carbocycles. The quantitative estimate of drug-likeness (QED) is 0.501. The molecule has 62 valence electrons. The van der Waals surface area contributed by atoms with Crippen molar-refractivity contribution in [1.29, 1.82) is 0 Å². The lowest BCUT2D eigenvalue weighted by molar-refractivity contribution is 0.206. The summed E-state index contributed by atoms with van der Waals surface area (Å²) in [5, 5.41) is 8.65. The molecule has 0 spiro atoms. The molecule has 3 unspecified atom stereocenters. The Balaban J connectivity index is 4.27. The highest BCUT2D eigenvalue weighted by atomic mass is 32.3. The van der Waals surface area contributed by atoms with E-state index in [0.717, 1.165) is 0 Å². The molecular weight excluding hydrogens is 180 g/mol. The lowest BCUT2D eigenvalue weighted by atomic mass is 10.5. The first-order valence-electron chi connectivity index (χ1n) is 2.34. The highest BCUT2D eigenvalue weighted by molar-refractivity contribution is 7.97. The summed E-state index contributed by atoms with van der Waals surface area (Å²) in [5.41, 5.74) is 0. The van der Waals surface area contributed by atoms with Crippen molar-refractivity contribution in [2.45, 2.75) is 17.6 Å². The van der Waals surface area contributed by atoms with Crippen LogP contribution in [0.2, 0.25) is 0 Å². The second-order valence-electron chi connectivity index (χ2n) is 1.66. The normalized spacial score (nSPS) is 23.2. The van der Waals surface area contributed by atoms with Crippen molar-refractivity contribution in [3.8, 4) is 0 Å². The first-order valence-corrected chi connectivity index (χ1v) is 4.68. The summed E-state index contributed by atoms with van der Waals surface area (Å²) in [5.74, 6) is 0. The average Bonchev–Trinajstić information content (AvgIpc) is 1.59. The van der Waals surface area contributed by atoms with Gasteiger partial charge in [-0.1, -0.05) is 0 Å². The Kier molecular flexibility index (Phi) is 4.22. The van der Waals surface area contributed by atoms with Crippen molar-refractivity contribution in [2.75, 3.05) is 0 Å². The molecule has 7 heteroatoms. The third kappa shape index (κ3) is 2.84. The first kappa shape index (κ1) is 10.2. The van der Waals surface area contributed by atoms with E-state index in [1.807, 2.05) is 0 Å². The molecule has 0 aliphatic heterocycles. The van der Waals surface area contributed by atoms with Crippen molar-refractivity contribution >= 4 is 22.2 Å². The maximum atomic E-state index is 10.2. The minimum absolute atomic E-state index is 1.17. The molecule has 3 atom stereocenters. The van der Waals surface area contributed by atoms with Crippen LogP contribution in [0.1, 0.15) is 6.92 Å². The lowest BCUT2D eigenvalue weighted by Gasteiger charge is -2.10. The molecule has 0 aromatic heterocycles. The van der Waals surface area contributed by atoms with Gasteiger partial charge in [-0.25, -0.2) is 8.42 Å². The number of rotatable bonds is 3. The van der Waals surface area contributed by atoms with Gasteiger partial charge >= 0.3 is 0 Å². The summed E-state index contributed by atoms with van der Waals surface area (Å²) in [6, 6.07) is 0. The molecule has 0 aliphatic carbocycles. The van der Waals surface area contributed by atoms with E-state index in [0.29, 0.717) is 0 Å². The van der Waals surface area contributed by atoms with Crippen LogP contribution in [0.25, 0.3) is 0 Å². The number of hydrogen-bond donors (Lipinski definition) is 3. The predicted octanol–water partition coefficient (Wildman–Crippen LogP) is -0.863. The third-order valence-electron chi connectivity index (χ3n) is 0.791. The second-order valence-corrected chi connectivity index (χ2v) is 4.08. The molecule has 0 bridgehead atoms. The van der Waals surface area contributed by atoms with Crippen LogP contribution in [0.3, 0.4) is 0 Å². The molecular formula is C3H8O5S2. The Morgan fingerprint density at radius 1 is 1.20 bits per heavy atom. The minimum Gasteiger partial charge on any atom is -0.391 e. The van der Waals surface area contributed by atoms with Gasteiger partial charge in [0.1, 0.15) is 0 Å². The number of hydrogen-bond acceptors (Lipinski definition) is 3. The van der Waals surface area contributed by atoms with E-state index in [4.69, 9.17) is 14.2 Å². The zero-order valence-corrected chi connectivity index (χ0v) is 6.76. The van der Waals surface area contributed by atoms with E-state index >= 15 is 0 Å². The molecule has 0 rings (SSSR count). The standard InChI is InChI=1S/C3H8O5S2/c1-2(4)3(9(5)6)10(7)8/h2-4H,1H3,(H,5,6)(H,7,8). The maximum absolute atomic E-state index is 10.2. The summed E-state index contributed by atoms with van der Waals surface area (Å²) in [4.78, 5) is 0. The minimum atomic E-state index is -2.46. The Hall–Kier alpha value is 0.180. The van der Waals surface area contributed by atoms with E-state index in [1.165, 1.54) is 6.92 Å². The Bertz CT molecular complexity index is 141. The summed E-state index contributed by atoms with van der Waals surface area (Å²) >= 11 is -4.93. The predicted molar refractivity (Wildman–Crippen MR) is 37.0 cm³/mol. The van der Waals surface area contributed by atoms with Gasteiger partial charge in [0, 0.05) is 0 Å². The van der Waals surface area contributed by atoms with E-state index in [9.17, 15) is 8.42 Å². The second kappa shape index (κ2) is 4.14. The summed E-state index contributed by atoms with van der Waals surface area (Å²) < 4.78 is 35.5. The Morgan fingerprint density at radius 2 is 1.50 bits per heavy atom. The molecule has 0 amide bonds. The van der Waals surface area contributed by atoms with Crippen LogP contribution in [-0.4, -0.2) is 33.3 Å². The van der Waals surface area contributed by atoms with Crippen LogP contribution in [0, 0.1) is 0 Å². The van der Waals surface area contributed by atoms with Crippen molar-refractivity contribution < 1.29 is 22.6 Å². The average molecular weight is 188 g/mol. The van der Waals surface area contributed by atoms with Crippen molar-refractivity contribution in [1.82, 2.24) is 0 Å². The Labute approximate surface area is 63.0 Å². The van der Waals surface area contributed by atoms with Gasteiger partial charge in [-0.2, -0.15) is 0 Å². The molecule has 5 nitrogen and oxygen atoms in total. The molecule has 0 aromatic rings. The van der Waals surface area contributed by atoms with Gasteiger partial charge in [-0.15, -0.1) is 0 Å². The molecule has 3 N–H and O–H groups in total. The zero-order chi connectivity index (χ0) is 8.31. The molecule has 0 saturated heterocycles. The van der Waals surface area contributed by atoms with Crippen LogP contribution in [0.5, 0.6) is 0 Å². The van der Waals surface area contributed by atoms with Crippen molar-refractivity contribution in [2.24, 2.45) is 0 Å². The van der Waals surface area contributed by atoms with Gasteiger partial charge in [0.15, 0.2) is 26.7 Å². The number of aliphatic hydroxyl groups is 1. The van der Waals surface area contributed by atoms with Gasteiger partial charge in [-0.3, -0.25) is 0 Å². The van der Waals surface area contributed by atoms with Crippen LogP contribution < -0.4 is 0 Å². The van der Waals surface area contributed by atoms with E-state index < -0.39 is 32.8 Å². The highest BCUT2D eigenvalue weighted by Gasteiger charge is 2.26. The molecule has 0 radical (unpaired) electrons. The van der Waals surface area contributed by atoms with Crippen LogP contribution in [0.15, 0.2) is 0 Å². The van der Waals surface area contributed by atoms with Crippen molar-refractivity contribution in [3.05, 3.63) is 0 Å². The monoisotopic (exact) mass is 188 g/mol. The zero-order valence-electron chi connectivity index (χ0n) is 5.13. The first-order chi connectivity index (χ1) is 4.46. The van der Waals surface area contributed by atoms with E-state index in [1.54, 1.807) is 0 Å². The van der Waals surface area contributed by atoms with E-state index in [2.05, 4.69) is 0 Å². The third-order valence-corrected chi connectivity index (χ3v) is 3.36. The smallest absolute Gasteiger partial charge is 0.186 e. The van der Waals surface area contributed by atoms with Crippen LogP contribution >= 0.6 is 0 Å². The highest BCUT2D eigenvalue weighted by Crippen LogP contribution is 2.03. The van der Waals surface area contributed by atoms with Crippen LogP contribution in [-0.2, 0) is 22.2 Å². The topological polar surface area (TPSA) is 94.8 Å². The molecule has 0 fully saturated rings. The summed E-state index contributed by atoms with van der Waals surface area (Å²) in [6.45, 7) is 1.17. The largest absolute Gasteiger partial charge is 0.391 e. The Morgan fingerprint density at radius 3 is 1.50 bits per heavy atom. The fraction of sp³-hybridized carbons (Fsp3) is 1.00. The maximum Gasteiger partial charge on any atom is 0.186 e. The SMILES string of the molecule is CC(O)C(S(=O)O)S(=O)O. The number of aliphatic hydroxyl groups excluding tert-OH is 1.